The first-order valence-corrected chi connectivity index (χ1v) is 7.76. The van der Waals surface area contributed by atoms with E-state index in [9.17, 15) is 9.59 Å². The lowest BCUT2D eigenvalue weighted by Gasteiger charge is -2.27. The summed E-state index contributed by atoms with van der Waals surface area (Å²) in [6.45, 7) is 6.72. The van der Waals surface area contributed by atoms with E-state index in [1.165, 1.54) is 7.11 Å². The third-order valence-corrected chi connectivity index (χ3v) is 3.67. The highest BCUT2D eigenvalue weighted by Gasteiger charge is 2.37. The van der Waals surface area contributed by atoms with Crippen LogP contribution in [0.4, 0.5) is 11.4 Å². The molecule has 0 unspecified atom stereocenters. The van der Waals surface area contributed by atoms with Crippen molar-refractivity contribution >= 4 is 23.2 Å². The van der Waals surface area contributed by atoms with E-state index in [1.807, 2.05) is 26.8 Å². The number of ether oxygens (including phenoxy) is 2. The first-order valence-electron chi connectivity index (χ1n) is 7.76. The van der Waals surface area contributed by atoms with Crippen LogP contribution in [0.5, 0.6) is 5.75 Å². The van der Waals surface area contributed by atoms with Crippen molar-refractivity contribution in [1.29, 1.82) is 0 Å². The van der Waals surface area contributed by atoms with E-state index in [0.717, 1.165) is 12.1 Å². The average Bonchev–Trinajstić information content (AvgIpc) is 2.58. The van der Waals surface area contributed by atoms with E-state index in [0.29, 0.717) is 24.6 Å². The third-order valence-electron chi connectivity index (χ3n) is 3.67. The molecule has 0 saturated heterocycles. The number of nitrogens with zero attached hydrogens (tertiary/aromatic N) is 1. The molecule has 2 rings (SSSR count). The molecule has 2 amide bonds. The second-order valence-electron chi connectivity index (χ2n) is 6.29. The van der Waals surface area contributed by atoms with E-state index >= 15 is 0 Å². The minimum Gasteiger partial charge on any atom is -0.490 e. The number of fused-ring (bicyclic) bond motifs is 1. The quantitative estimate of drug-likeness (QED) is 0.905. The Bertz CT molecular complexity index is 598. The lowest BCUT2D eigenvalue weighted by Crippen LogP contribution is -2.42. The molecule has 126 valence electrons. The number of anilines is 2. The van der Waals surface area contributed by atoms with Crippen molar-refractivity contribution in [3.05, 3.63) is 18.2 Å². The second kappa shape index (κ2) is 7.00. The van der Waals surface area contributed by atoms with Gasteiger partial charge in [0.15, 0.2) is 0 Å². The fraction of sp³-hybridized carbons (Fsp3) is 0.529. The molecule has 0 aliphatic carbocycles. The Labute approximate surface area is 136 Å². The number of hydrogen-bond acceptors (Lipinski definition) is 4. The maximum Gasteiger partial charge on any atom is 0.250 e. The van der Waals surface area contributed by atoms with E-state index in [2.05, 4.69) is 5.32 Å². The highest BCUT2D eigenvalue weighted by molar-refractivity contribution is 6.00. The third kappa shape index (κ3) is 3.82. The van der Waals surface area contributed by atoms with Gasteiger partial charge in [0.25, 0.3) is 0 Å². The minimum absolute atomic E-state index is 0.00851. The Morgan fingerprint density at radius 3 is 2.83 bits per heavy atom. The Hall–Kier alpha value is -2.08. The number of hydrogen-bond donors (Lipinski definition) is 1. The van der Waals surface area contributed by atoms with Crippen molar-refractivity contribution in [3.63, 3.8) is 0 Å². The maximum absolute atomic E-state index is 12.7. The highest BCUT2D eigenvalue weighted by Crippen LogP contribution is 2.38. The Balaban J connectivity index is 2.33. The summed E-state index contributed by atoms with van der Waals surface area (Å²) >= 11 is 0. The van der Waals surface area contributed by atoms with Crippen LogP contribution in [0.15, 0.2) is 18.2 Å². The van der Waals surface area contributed by atoms with Crippen molar-refractivity contribution < 1.29 is 19.1 Å². The molecular weight excluding hydrogens is 296 g/mol. The van der Waals surface area contributed by atoms with Gasteiger partial charge < -0.3 is 19.7 Å². The number of nitrogens with one attached hydrogen (secondary N) is 1. The Morgan fingerprint density at radius 2 is 2.17 bits per heavy atom. The maximum atomic E-state index is 12.7. The summed E-state index contributed by atoms with van der Waals surface area (Å²) in [6, 6.07) is 5.33. The summed E-state index contributed by atoms with van der Waals surface area (Å²) in [5.74, 6) is 0.421. The lowest BCUT2D eigenvalue weighted by molar-refractivity contribution is -0.127. The van der Waals surface area contributed by atoms with Crippen LogP contribution in [0, 0.1) is 5.41 Å². The zero-order valence-corrected chi connectivity index (χ0v) is 14.1. The van der Waals surface area contributed by atoms with Crippen LogP contribution >= 0.6 is 0 Å². The van der Waals surface area contributed by atoms with Gasteiger partial charge in [-0.25, -0.2) is 0 Å². The van der Waals surface area contributed by atoms with Crippen molar-refractivity contribution in [1.82, 2.24) is 0 Å². The summed E-state index contributed by atoms with van der Waals surface area (Å²) in [5.41, 5.74) is 0.773. The van der Waals surface area contributed by atoms with Gasteiger partial charge in [0.1, 0.15) is 19.0 Å². The molecule has 1 aliphatic heterocycles. The van der Waals surface area contributed by atoms with Crippen LogP contribution < -0.4 is 15.0 Å². The summed E-state index contributed by atoms with van der Waals surface area (Å²) < 4.78 is 10.7. The van der Waals surface area contributed by atoms with Crippen molar-refractivity contribution in [3.8, 4) is 5.75 Å². The minimum atomic E-state index is -0.590. The largest absolute Gasteiger partial charge is 0.490 e. The highest BCUT2D eigenvalue weighted by atomic mass is 16.5. The van der Waals surface area contributed by atoms with Crippen LogP contribution in [0.3, 0.4) is 0 Å². The topological polar surface area (TPSA) is 67.9 Å². The SMILES string of the molecule is CCCN1C(=O)C(C)(C)COc2cc(NC(=O)COC)ccc21. The van der Waals surface area contributed by atoms with Gasteiger partial charge in [0.2, 0.25) is 11.8 Å². The van der Waals surface area contributed by atoms with Gasteiger partial charge in [0.05, 0.1) is 11.1 Å². The molecule has 0 aromatic heterocycles. The van der Waals surface area contributed by atoms with Gasteiger partial charge in [-0.1, -0.05) is 6.92 Å². The van der Waals surface area contributed by atoms with Gasteiger partial charge in [-0.3, -0.25) is 9.59 Å². The first-order chi connectivity index (χ1) is 10.9. The van der Waals surface area contributed by atoms with Crippen LogP contribution in [0.1, 0.15) is 27.2 Å². The number of carbonyl (C=O) groups is 2. The number of rotatable bonds is 5. The van der Waals surface area contributed by atoms with Crippen LogP contribution in [-0.2, 0) is 14.3 Å². The van der Waals surface area contributed by atoms with E-state index in [1.54, 1.807) is 17.0 Å². The summed E-state index contributed by atoms with van der Waals surface area (Å²) in [4.78, 5) is 26.1. The summed E-state index contributed by atoms with van der Waals surface area (Å²) in [6.07, 6.45) is 0.855. The molecule has 6 heteroatoms. The molecule has 6 nitrogen and oxygen atoms in total. The van der Waals surface area contributed by atoms with Crippen molar-refractivity contribution in [2.45, 2.75) is 27.2 Å². The van der Waals surface area contributed by atoms with Crippen LogP contribution in [0.25, 0.3) is 0 Å². The zero-order valence-electron chi connectivity index (χ0n) is 14.1. The second-order valence-corrected chi connectivity index (χ2v) is 6.29. The standard InChI is InChI=1S/C17H24N2O4/c1-5-8-19-13-7-6-12(18-15(20)10-22-4)9-14(13)23-11-17(2,3)16(19)21/h6-7,9H,5,8,10-11H2,1-4H3,(H,18,20). The predicted molar refractivity (Wildman–Crippen MR) is 88.9 cm³/mol. The normalized spacial score (nSPS) is 16.3. The van der Waals surface area contributed by atoms with E-state index < -0.39 is 5.41 Å². The molecule has 0 radical (unpaired) electrons. The summed E-state index contributed by atoms with van der Waals surface area (Å²) in [5, 5.41) is 2.74. The fourth-order valence-electron chi connectivity index (χ4n) is 2.50. The molecule has 0 spiro atoms. The fourth-order valence-corrected chi connectivity index (χ4v) is 2.50. The molecule has 1 aromatic rings. The molecule has 1 N–H and O–H groups in total. The van der Waals surface area contributed by atoms with Crippen LogP contribution in [-0.4, -0.2) is 38.7 Å². The number of benzene rings is 1. The predicted octanol–water partition coefficient (Wildman–Crippen LogP) is 2.43. The summed E-state index contributed by atoms with van der Waals surface area (Å²) in [7, 11) is 1.47. The number of carbonyl (C=O) groups excluding carboxylic acids is 2. The molecule has 1 aromatic carbocycles. The molecule has 0 saturated carbocycles. The molecule has 0 atom stereocenters. The number of amides is 2. The van der Waals surface area contributed by atoms with Gasteiger partial charge >= 0.3 is 0 Å². The smallest absolute Gasteiger partial charge is 0.250 e. The molecule has 1 aliphatic rings. The first kappa shape index (κ1) is 17.3. The Kier molecular flexibility index (Phi) is 5.26. The Morgan fingerprint density at radius 1 is 1.43 bits per heavy atom. The molecule has 1 heterocycles. The lowest BCUT2D eigenvalue weighted by atomic mass is 9.93. The molecular formula is C17H24N2O4. The van der Waals surface area contributed by atoms with Gasteiger partial charge in [0, 0.05) is 25.4 Å². The molecule has 0 fully saturated rings. The zero-order chi connectivity index (χ0) is 17.0. The average molecular weight is 320 g/mol. The van der Waals surface area contributed by atoms with Crippen molar-refractivity contribution in [2.24, 2.45) is 5.41 Å². The van der Waals surface area contributed by atoms with Crippen LogP contribution in [0.2, 0.25) is 0 Å². The van der Waals surface area contributed by atoms with Gasteiger partial charge in [-0.2, -0.15) is 0 Å². The van der Waals surface area contributed by atoms with Crippen molar-refractivity contribution in [2.75, 3.05) is 37.1 Å². The van der Waals surface area contributed by atoms with Gasteiger partial charge in [-0.15, -0.1) is 0 Å². The van der Waals surface area contributed by atoms with E-state index in [4.69, 9.17) is 9.47 Å². The monoisotopic (exact) mass is 320 g/mol. The molecule has 0 bridgehead atoms. The molecule has 23 heavy (non-hydrogen) atoms. The van der Waals surface area contributed by atoms with Gasteiger partial charge in [-0.05, 0) is 32.4 Å². The number of methoxy groups -OCH3 is 1. The van der Waals surface area contributed by atoms with E-state index in [-0.39, 0.29) is 18.4 Å².